The molecule has 0 aliphatic heterocycles. The zero-order valence-electron chi connectivity index (χ0n) is 35.2. The van der Waals surface area contributed by atoms with Crippen molar-refractivity contribution >= 4 is 13.7 Å². The maximum atomic E-state index is 12.6. The quantitative estimate of drug-likeness (QED) is 0.0279. The summed E-state index contributed by atoms with van der Waals surface area (Å²) in [6.45, 7) is 4.09. The highest BCUT2D eigenvalue weighted by molar-refractivity contribution is 7.46. The molecule has 7 nitrogen and oxygen atoms in total. The fourth-order valence-corrected chi connectivity index (χ4v) is 7.58. The van der Waals surface area contributed by atoms with Crippen molar-refractivity contribution in [3.05, 3.63) is 12.2 Å². The van der Waals surface area contributed by atoms with Crippen molar-refractivity contribution in [3.63, 3.8) is 0 Å². The maximum Gasteiger partial charge on any atom is 0.469 e. The number of carbonyl (C=O) groups excluding carboxylic acids is 1. The number of phosphoric acid groups is 1. The Bertz CT molecular complexity index is 834. The lowest BCUT2D eigenvalue weighted by molar-refractivity contribution is -0.123. The molecule has 0 spiro atoms. The van der Waals surface area contributed by atoms with Crippen LogP contribution in [0.4, 0.5) is 0 Å². The van der Waals surface area contributed by atoms with Crippen LogP contribution < -0.4 is 5.32 Å². The summed E-state index contributed by atoms with van der Waals surface area (Å²) in [7, 11) is -4.71. The molecule has 0 aliphatic carbocycles. The molecule has 316 valence electrons. The zero-order chi connectivity index (χ0) is 38.9. The predicted molar refractivity (Wildman–Crippen MR) is 227 cm³/mol. The molecule has 0 fully saturated rings. The molecule has 4 N–H and O–H groups in total. The van der Waals surface area contributed by atoms with Gasteiger partial charge in [-0.1, -0.05) is 238 Å². The van der Waals surface area contributed by atoms with Gasteiger partial charge in [-0.2, -0.15) is 0 Å². The number of allylic oxidation sites excluding steroid dienone is 1. The van der Waals surface area contributed by atoms with Crippen molar-refractivity contribution in [2.45, 2.75) is 264 Å². The van der Waals surface area contributed by atoms with Crippen molar-refractivity contribution in [1.82, 2.24) is 5.32 Å². The number of aliphatic hydroxyl groups is 1. The van der Waals surface area contributed by atoms with E-state index < -0.39 is 26.6 Å². The third-order valence-corrected chi connectivity index (χ3v) is 11.2. The van der Waals surface area contributed by atoms with E-state index in [1.807, 2.05) is 6.08 Å². The third kappa shape index (κ3) is 42.3. The van der Waals surface area contributed by atoms with E-state index in [-0.39, 0.29) is 5.91 Å². The molecule has 1 amide bonds. The number of carbonyl (C=O) groups is 1. The first-order chi connectivity index (χ1) is 25.8. The predicted octanol–water partition coefficient (Wildman–Crippen LogP) is 14.0. The first kappa shape index (κ1) is 52.3. The molecule has 53 heavy (non-hydrogen) atoms. The van der Waals surface area contributed by atoms with E-state index in [4.69, 9.17) is 9.79 Å². The second-order valence-corrected chi connectivity index (χ2v) is 17.3. The van der Waals surface area contributed by atoms with Crippen molar-refractivity contribution < 1.29 is 28.8 Å². The number of phosphoric ester groups is 1. The summed E-state index contributed by atoms with van der Waals surface area (Å²) in [6.07, 6.45) is 49.6. The number of hydrogen-bond donors (Lipinski definition) is 4. The van der Waals surface area contributed by atoms with Gasteiger partial charge < -0.3 is 20.2 Å². The molecular formula is C45H90NO6P. The van der Waals surface area contributed by atoms with Crippen LogP contribution in [0.25, 0.3) is 0 Å². The van der Waals surface area contributed by atoms with Gasteiger partial charge >= 0.3 is 7.82 Å². The Kier molecular flexibility index (Phi) is 40.4. The molecule has 0 heterocycles. The highest BCUT2D eigenvalue weighted by atomic mass is 31.2. The lowest BCUT2D eigenvalue weighted by Crippen LogP contribution is -2.45. The summed E-state index contributed by atoms with van der Waals surface area (Å²) < 4.78 is 15.9. The van der Waals surface area contributed by atoms with Crippen molar-refractivity contribution in [2.24, 2.45) is 0 Å². The van der Waals surface area contributed by atoms with Crippen LogP contribution in [0, 0.1) is 0 Å². The van der Waals surface area contributed by atoms with E-state index in [0.717, 1.165) is 38.5 Å². The fraction of sp³-hybridized carbons (Fsp3) is 0.933. The molecule has 0 saturated carbocycles. The summed E-state index contributed by atoms with van der Waals surface area (Å²) in [6, 6.07) is -0.905. The molecule has 0 aliphatic rings. The van der Waals surface area contributed by atoms with E-state index in [9.17, 15) is 14.5 Å². The summed E-state index contributed by atoms with van der Waals surface area (Å²) >= 11 is 0. The highest BCUT2D eigenvalue weighted by Crippen LogP contribution is 2.36. The molecule has 2 atom stereocenters. The van der Waals surface area contributed by atoms with E-state index >= 15 is 0 Å². The van der Waals surface area contributed by atoms with Gasteiger partial charge in [0, 0.05) is 6.42 Å². The highest BCUT2D eigenvalue weighted by Gasteiger charge is 2.24. The van der Waals surface area contributed by atoms with Gasteiger partial charge in [-0.15, -0.1) is 0 Å². The first-order valence-electron chi connectivity index (χ1n) is 23.1. The van der Waals surface area contributed by atoms with Gasteiger partial charge in [0.1, 0.15) is 0 Å². The van der Waals surface area contributed by atoms with Gasteiger partial charge in [0.05, 0.1) is 18.8 Å². The van der Waals surface area contributed by atoms with Crippen LogP contribution in [0.3, 0.4) is 0 Å². The van der Waals surface area contributed by atoms with Crippen LogP contribution in [0.2, 0.25) is 0 Å². The van der Waals surface area contributed by atoms with Crippen molar-refractivity contribution in [3.8, 4) is 0 Å². The molecular weight excluding hydrogens is 681 g/mol. The van der Waals surface area contributed by atoms with Crippen LogP contribution in [0.1, 0.15) is 251 Å². The van der Waals surface area contributed by atoms with Gasteiger partial charge in [-0.05, 0) is 19.3 Å². The topological polar surface area (TPSA) is 116 Å². The van der Waals surface area contributed by atoms with Crippen LogP contribution in [-0.4, -0.2) is 39.6 Å². The number of nitrogens with one attached hydrogen (secondary N) is 1. The summed E-state index contributed by atoms with van der Waals surface area (Å²) in [5, 5.41) is 13.4. The standard InChI is InChI=1S/C45H90NO6P/c1-3-5-7-9-11-13-15-17-19-20-21-22-23-24-25-26-27-29-31-33-35-37-39-41-45(48)46-43(42-52-53(49,50)51)44(47)40-38-36-34-32-30-28-18-16-14-12-10-8-6-4-2/h38,40,43-44,47H,3-37,39,41-42H2,1-2H3,(H,46,48)(H2,49,50,51)/b40-38+/t43-,44+/m0/s1. The van der Waals surface area contributed by atoms with Gasteiger partial charge in [-0.25, -0.2) is 4.57 Å². The van der Waals surface area contributed by atoms with Crippen LogP contribution in [0.15, 0.2) is 12.2 Å². The maximum absolute atomic E-state index is 12.6. The Labute approximate surface area is 329 Å². The van der Waals surface area contributed by atoms with E-state index in [0.29, 0.717) is 6.42 Å². The lowest BCUT2D eigenvalue weighted by Gasteiger charge is -2.22. The van der Waals surface area contributed by atoms with Crippen LogP contribution in [0.5, 0.6) is 0 Å². The van der Waals surface area contributed by atoms with Crippen LogP contribution in [-0.2, 0) is 13.9 Å². The van der Waals surface area contributed by atoms with E-state index in [1.165, 1.54) is 193 Å². The van der Waals surface area contributed by atoms with Gasteiger partial charge in [-0.3, -0.25) is 9.32 Å². The van der Waals surface area contributed by atoms with Gasteiger partial charge in [0.25, 0.3) is 0 Å². The minimum absolute atomic E-state index is 0.221. The molecule has 0 bridgehead atoms. The summed E-state index contributed by atoms with van der Waals surface area (Å²) in [5.74, 6) is -0.221. The van der Waals surface area contributed by atoms with Gasteiger partial charge in [0.2, 0.25) is 5.91 Å². The molecule has 8 heteroatoms. The largest absolute Gasteiger partial charge is 0.469 e. The minimum Gasteiger partial charge on any atom is -0.387 e. The zero-order valence-corrected chi connectivity index (χ0v) is 36.1. The average Bonchev–Trinajstić information content (AvgIpc) is 3.13. The molecule has 0 radical (unpaired) electrons. The number of rotatable bonds is 43. The Balaban J connectivity index is 3.82. The SMILES string of the molecule is CCCCCCCCCCCCCC/C=C/[C@@H](O)[C@H](COP(=O)(O)O)NC(=O)CCCCCCCCCCCCCCCCCCCCCCCCC. The molecule has 0 unspecified atom stereocenters. The number of hydrogen-bond acceptors (Lipinski definition) is 4. The first-order valence-corrected chi connectivity index (χ1v) is 24.7. The van der Waals surface area contributed by atoms with E-state index in [2.05, 4.69) is 23.7 Å². The Morgan fingerprint density at radius 2 is 0.830 bits per heavy atom. The number of aliphatic hydroxyl groups excluding tert-OH is 1. The third-order valence-electron chi connectivity index (χ3n) is 10.7. The average molecular weight is 772 g/mol. The molecule has 0 rings (SSSR count). The number of amides is 1. The second-order valence-electron chi connectivity index (χ2n) is 16.1. The van der Waals surface area contributed by atoms with Crippen molar-refractivity contribution in [1.29, 1.82) is 0 Å². The fourth-order valence-electron chi connectivity index (χ4n) is 7.23. The Morgan fingerprint density at radius 1 is 0.528 bits per heavy atom. The normalized spacial score (nSPS) is 13.2. The van der Waals surface area contributed by atoms with Crippen LogP contribution >= 0.6 is 7.82 Å². The lowest BCUT2D eigenvalue weighted by atomic mass is 10.0. The Hall–Kier alpha value is -0.720. The second kappa shape index (κ2) is 40.9. The van der Waals surface area contributed by atoms with Crippen molar-refractivity contribution in [2.75, 3.05) is 6.61 Å². The smallest absolute Gasteiger partial charge is 0.387 e. The monoisotopic (exact) mass is 772 g/mol. The molecule has 0 aromatic heterocycles. The number of unbranched alkanes of at least 4 members (excludes halogenated alkanes) is 34. The van der Waals surface area contributed by atoms with E-state index in [1.54, 1.807) is 6.08 Å². The molecule has 0 aromatic carbocycles. The minimum atomic E-state index is -4.71. The summed E-state index contributed by atoms with van der Waals surface area (Å²) in [4.78, 5) is 30.9. The van der Waals surface area contributed by atoms with Gasteiger partial charge in [0.15, 0.2) is 0 Å². The molecule has 0 aromatic rings. The Morgan fingerprint density at radius 3 is 1.15 bits per heavy atom. The molecule has 0 saturated heterocycles. The summed E-state index contributed by atoms with van der Waals surface area (Å²) in [5.41, 5.74) is 0.